The molecule has 0 saturated heterocycles. The summed E-state index contributed by atoms with van der Waals surface area (Å²) in [7, 11) is -4.40. The van der Waals surface area contributed by atoms with Crippen molar-refractivity contribution in [2.75, 3.05) is 11.9 Å². The van der Waals surface area contributed by atoms with Gasteiger partial charge in [0.05, 0.1) is 0 Å². The van der Waals surface area contributed by atoms with Crippen LogP contribution in [0.4, 0.5) is 10.5 Å². The molecule has 0 unspecified atom stereocenters. The Hall–Kier alpha value is -1.89. The van der Waals surface area contributed by atoms with Crippen LogP contribution in [0.3, 0.4) is 0 Å². The van der Waals surface area contributed by atoms with E-state index in [4.69, 9.17) is 15.5 Å². The second kappa shape index (κ2) is 7.52. The molecule has 19 heavy (non-hydrogen) atoms. The van der Waals surface area contributed by atoms with E-state index in [1.54, 1.807) is 0 Å². The maximum atomic E-state index is 10.4. The van der Waals surface area contributed by atoms with Gasteiger partial charge in [0.15, 0.2) is 0 Å². The molecule has 8 nitrogen and oxygen atoms in total. The summed E-state index contributed by atoms with van der Waals surface area (Å²) in [5.74, 6) is -1.09. The number of rotatable bonds is 2. The minimum Gasteiger partial charge on any atom is -0.399 e. The molecule has 0 radical (unpaired) electrons. The van der Waals surface area contributed by atoms with E-state index in [9.17, 15) is 14.2 Å². The summed E-state index contributed by atoms with van der Waals surface area (Å²) < 4.78 is 10.1. The molecule has 9 heteroatoms. The van der Waals surface area contributed by atoms with Crippen LogP contribution in [-0.2, 0) is 9.36 Å². The summed E-state index contributed by atoms with van der Waals surface area (Å²) in [6, 6.07) is 6.67. The fourth-order valence-electron chi connectivity index (χ4n) is 0.951. The van der Waals surface area contributed by atoms with Crippen molar-refractivity contribution in [3.05, 3.63) is 29.8 Å². The Balaban J connectivity index is 0.000000356. The highest BCUT2D eigenvalue weighted by Crippen LogP contribution is 2.33. The lowest BCUT2D eigenvalue weighted by Gasteiger charge is -2.01. The highest BCUT2D eigenvalue weighted by Gasteiger charge is 2.19. The molecule has 0 atom stereocenters. The highest BCUT2D eigenvalue weighted by molar-refractivity contribution is 7.52. The normalized spacial score (nSPS) is 10.1. The van der Waals surface area contributed by atoms with E-state index in [2.05, 4.69) is 5.73 Å². The number of anilines is 1. The minimum absolute atomic E-state index is 0.868. The van der Waals surface area contributed by atoms with Crippen molar-refractivity contribution in [1.29, 1.82) is 0 Å². The Morgan fingerprint density at radius 1 is 1.32 bits per heavy atom. The molecule has 0 fully saturated rings. The van der Waals surface area contributed by atoms with E-state index >= 15 is 0 Å². The SMILES string of the molecule is Cc1ccccc1N.NC(=O)NC(=O)CP(=O)(O)O. The van der Waals surface area contributed by atoms with Gasteiger partial charge in [-0.2, -0.15) is 0 Å². The third-order valence-electron chi connectivity index (χ3n) is 1.80. The van der Waals surface area contributed by atoms with Gasteiger partial charge >= 0.3 is 13.6 Å². The Kier molecular flexibility index (Phi) is 6.78. The number of nitrogen functional groups attached to an aromatic ring is 1. The third kappa shape index (κ3) is 9.78. The number of carbonyl (C=O) groups excluding carboxylic acids is 2. The van der Waals surface area contributed by atoms with E-state index in [0.717, 1.165) is 11.3 Å². The van der Waals surface area contributed by atoms with Crippen LogP contribution in [-0.4, -0.2) is 27.9 Å². The van der Waals surface area contributed by atoms with Gasteiger partial charge in [-0.1, -0.05) is 18.2 Å². The van der Waals surface area contributed by atoms with Gasteiger partial charge in [0.25, 0.3) is 0 Å². The second-order valence-corrected chi connectivity index (χ2v) is 5.24. The molecule has 0 aliphatic carbocycles. The first-order valence-corrected chi connectivity index (χ1v) is 6.86. The van der Waals surface area contributed by atoms with Crippen LogP contribution in [0.15, 0.2) is 24.3 Å². The van der Waals surface area contributed by atoms with Crippen LogP contribution in [0.1, 0.15) is 5.56 Å². The number of benzene rings is 1. The van der Waals surface area contributed by atoms with Gasteiger partial charge in [-0.15, -0.1) is 0 Å². The predicted molar refractivity (Wildman–Crippen MR) is 70.2 cm³/mol. The zero-order valence-electron chi connectivity index (χ0n) is 10.2. The molecule has 0 saturated carbocycles. The molecule has 0 heterocycles. The van der Waals surface area contributed by atoms with E-state index < -0.39 is 25.7 Å². The van der Waals surface area contributed by atoms with Crippen molar-refractivity contribution in [2.24, 2.45) is 5.73 Å². The van der Waals surface area contributed by atoms with Crippen LogP contribution < -0.4 is 16.8 Å². The monoisotopic (exact) mass is 289 g/mol. The molecule has 0 spiro atoms. The maximum Gasteiger partial charge on any atom is 0.334 e. The van der Waals surface area contributed by atoms with Crippen LogP contribution in [0.5, 0.6) is 0 Å². The summed E-state index contributed by atoms with van der Waals surface area (Å²) in [5, 5.41) is 1.51. The standard InChI is InChI=1S/C7H9N.C3H7N2O5P/c1-6-4-2-3-5-7(6)8;4-3(7)5-2(6)1-11(8,9)10/h2-5H,8H2,1H3;1H2,(H2,8,9,10)(H3,4,5,6,7). The number of imide groups is 1. The Bertz CT molecular complexity index is 479. The topological polar surface area (TPSA) is 156 Å². The number of primary amides is 1. The number of nitrogens with two attached hydrogens (primary N) is 2. The van der Waals surface area contributed by atoms with Gasteiger partial charge in [0.1, 0.15) is 6.16 Å². The van der Waals surface area contributed by atoms with E-state index in [0.29, 0.717) is 0 Å². The van der Waals surface area contributed by atoms with Gasteiger partial charge < -0.3 is 21.3 Å². The molecule has 106 valence electrons. The summed E-state index contributed by atoms with van der Waals surface area (Å²) in [5.41, 5.74) is 12.0. The fraction of sp³-hybridized carbons (Fsp3) is 0.200. The lowest BCUT2D eigenvalue weighted by Crippen LogP contribution is -2.36. The number of hydrogen-bond acceptors (Lipinski definition) is 4. The molecule has 0 bridgehead atoms. The zero-order chi connectivity index (χ0) is 15.1. The van der Waals surface area contributed by atoms with Gasteiger partial charge in [-0.25, -0.2) is 4.79 Å². The lowest BCUT2D eigenvalue weighted by molar-refractivity contribution is -0.117. The Labute approximate surface area is 110 Å². The molecular formula is C10H16N3O5P. The van der Waals surface area contributed by atoms with Gasteiger partial charge in [0.2, 0.25) is 5.91 Å². The lowest BCUT2D eigenvalue weighted by atomic mass is 10.2. The van der Waals surface area contributed by atoms with Crippen molar-refractivity contribution in [2.45, 2.75) is 6.92 Å². The number of carbonyl (C=O) groups is 2. The third-order valence-corrected chi connectivity index (χ3v) is 2.50. The Morgan fingerprint density at radius 2 is 1.84 bits per heavy atom. The van der Waals surface area contributed by atoms with Crippen molar-refractivity contribution >= 4 is 25.2 Å². The molecule has 0 aliphatic heterocycles. The van der Waals surface area contributed by atoms with Gasteiger partial charge in [-0.3, -0.25) is 14.7 Å². The largest absolute Gasteiger partial charge is 0.399 e. The first-order chi connectivity index (χ1) is 8.61. The van der Waals surface area contributed by atoms with Crippen molar-refractivity contribution < 1.29 is 23.9 Å². The molecule has 1 aromatic carbocycles. The minimum atomic E-state index is -4.40. The highest BCUT2D eigenvalue weighted by atomic mass is 31.2. The van der Waals surface area contributed by atoms with Crippen LogP contribution >= 0.6 is 7.60 Å². The zero-order valence-corrected chi connectivity index (χ0v) is 11.1. The van der Waals surface area contributed by atoms with Crippen LogP contribution in [0, 0.1) is 6.92 Å². The van der Waals surface area contributed by atoms with Crippen molar-refractivity contribution in [3.8, 4) is 0 Å². The van der Waals surface area contributed by atoms with E-state index in [1.807, 2.05) is 31.2 Å². The molecule has 0 aliphatic rings. The number of para-hydroxylation sites is 1. The van der Waals surface area contributed by atoms with Crippen molar-refractivity contribution in [1.82, 2.24) is 5.32 Å². The maximum absolute atomic E-state index is 10.4. The fourth-order valence-corrected chi connectivity index (χ4v) is 1.40. The van der Waals surface area contributed by atoms with Crippen LogP contribution in [0.2, 0.25) is 0 Å². The number of hydrogen-bond donors (Lipinski definition) is 5. The second-order valence-electron chi connectivity index (χ2n) is 3.59. The van der Waals surface area contributed by atoms with Gasteiger partial charge in [-0.05, 0) is 18.6 Å². The summed E-state index contributed by atoms with van der Waals surface area (Å²) >= 11 is 0. The van der Waals surface area contributed by atoms with E-state index in [-0.39, 0.29) is 0 Å². The summed E-state index contributed by atoms with van der Waals surface area (Å²) in [6.07, 6.45) is -1.03. The summed E-state index contributed by atoms with van der Waals surface area (Å²) in [6.45, 7) is 2.00. The molecule has 3 amide bonds. The molecule has 0 aromatic heterocycles. The quantitative estimate of drug-likeness (QED) is 0.379. The van der Waals surface area contributed by atoms with Gasteiger partial charge in [0, 0.05) is 5.69 Å². The predicted octanol–water partition coefficient (Wildman–Crippen LogP) is -0.0638. The first kappa shape index (κ1) is 17.1. The molecule has 1 aromatic rings. The molecule has 7 N–H and O–H groups in total. The average molecular weight is 289 g/mol. The van der Waals surface area contributed by atoms with Crippen LogP contribution in [0.25, 0.3) is 0 Å². The van der Waals surface area contributed by atoms with E-state index in [1.165, 1.54) is 5.32 Å². The average Bonchev–Trinajstić information content (AvgIpc) is 2.19. The smallest absolute Gasteiger partial charge is 0.334 e. The number of amides is 3. The number of aryl methyl sites for hydroxylation is 1. The summed E-state index contributed by atoms with van der Waals surface area (Å²) in [4.78, 5) is 36.7. The Morgan fingerprint density at radius 3 is 2.16 bits per heavy atom. The van der Waals surface area contributed by atoms with Crippen molar-refractivity contribution in [3.63, 3.8) is 0 Å². The number of nitrogens with one attached hydrogen (secondary N) is 1. The molecule has 1 rings (SSSR count). The first-order valence-electron chi connectivity index (χ1n) is 5.07. The molecular weight excluding hydrogens is 273 g/mol. The number of urea groups is 1.